The Hall–Kier alpha value is -3.06. The fraction of sp³-hybridized carbons (Fsp3) is 0.250. The number of hydrogen-bond acceptors (Lipinski definition) is 5. The zero-order valence-electron chi connectivity index (χ0n) is 15.4. The van der Waals surface area contributed by atoms with Gasteiger partial charge in [-0.2, -0.15) is 0 Å². The number of hydrogen-bond donors (Lipinski definition) is 2. The van der Waals surface area contributed by atoms with E-state index in [1.807, 2.05) is 6.92 Å². The van der Waals surface area contributed by atoms with Crippen LogP contribution in [-0.2, 0) is 14.3 Å². The highest BCUT2D eigenvalue weighted by atomic mass is 35.5. The van der Waals surface area contributed by atoms with Crippen molar-refractivity contribution in [3.63, 3.8) is 0 Å². The van der Waals surface area contributed by atoms with Crippen LogP contribution in [0.1, 0.15) is 23.7 Å². The number of rotatable bonds is 9. The Morgan fingerprint density at radius 2 is 1.79 bits per heavy atom. The maximum absolute atomic E-state index is 12.0. The predicted molar refractivity (Wildman–Crippen MR) is 106 cm³/mol. The van der Waals surface area contributed by atoms with Crippen molar-refractivity contribution < 1.29 is 23.9 Å². The van der Waals surface area contributed by atoms with E-state index in [1.54, 1.807) is 42.5 Å². The molecule has 0 atom stereocenters. The van der Waals surface area contributed by atoms with Crippen LogP contribution >= 0.6 is 11.6 Å². The topological polar surface area (TPSA) is 93.7 Å². The van der Waals surface area contributed by atoms with Gasteiger partial charge in [0.15, 0.2) is 6.61 Å². The van der Waals surface area contributed by atoms with E-state index in [1.165, 1.54) is 6.07 Å². The van der Waals surface area contributed by atoms with Gasteiger partial charge in [0.2, 0.25) is 5.91 Å². The van der Waals surface area contributed by atoms with Gasteiger partial charge < -0.3 is 20.1 Å². The smallest absolute Gasteiger partial charge is 0.338 e. The standard InChI is InChI=1S/C20H21ClN2O5/c1-2-10-27-20(26)14-4-3-5-16(11-14)23-18(24)12-22-19(25)13-28-17-8-6-15(21)7-9-17/h3-9,11H,2,10,12-13H2,1H3,(H,22,25)(H,23,24). The average molecular weight is 405 g/mol. The predicted octanol–water partition coefficient (Wildman–Crippen LogP) is 3.04. The molecule has 0 saturated carbocycles. The molecule has 0 bridgehead atoms. The van der Waals surface area contributed by atoms with Crippen molar-refractivity contribution >= 4 is 35.1 Å². The first-order valence-corrected chi connectivity index (χ1v) is 9.08. The minimum absolute atomic E-state index is 0.229. The molecule has 2 amide bonds. The number of benzene rings is 2. The summed E-state index contributed by atoms with van der Waals surface area (Å²) in [4.78, 5) is 35.6. The van der Waals surface area contributed by atoms with E-state index < -0.39 is 17.8 Å². The van der Waals surface area contributed by atoms with Gasteiger partial charge >= 0.3 is 5.97 Å². The lowest BCUT2D eigenvalue weighted by atomic mass is 10.2. The van der Waals surface area contributed by atoms with E-state index in [-0.39, 0.29) is 13.2 Å². The van der Waals surface area contributed by atoms with E-state index in [4.69, 9.17) is 21.1 Å². The minimum Gasteiger partial charge on any atom is -0.484 e. The molecule has 2 aromatic rings. The molecule has 0 fully saturated rings. The first kappa shape index (κ1) is 21.2. The van der Waals surface area contributed by atoms with E-state index in [2.05, 4.69) is 10.6 Å². The number of ether oxygens (including phenoxy) is 2. The maximum Gasteiger partial charge on any atom is 0.338 e. The molecule has 0 unspecified atom stereocenters. The monoisotopic (exact) mass is 404 g/mol. The largest absolute Gasteiger partial charge is 0.484 e. The van der Waals surface area contributed by atoms with Gasteiger partial charge in [0.25, 0.3) is 5.91 Å². The van der Waals surface area contributed by atoms with E-state index in [0.717, 1.165) is 6.42 Å². The molecule has 2 N–H and O–H groups in total. The molecule has 2 aromatic carbocycles. The highest BCUT2D eigenvalue weighted by Gasteiger charge is 2.10. The van der Waals surface area contributed by atoms with E-state index in [0.29, 0.717) is 28.6 Å². The van der Waals surface area contributed by atoms with Crippen LogP contribution in [0.25, 0.3) is 0 Å². The second kappa shape index (κ2) is 10.9. The number of anilines is 1. The summed E-state index contributed by atoms with van der Waals surface area (Å²) < 4.78 is 10.4. The molecule has 2 rings (SSSR count). The molecular formula is C20H21ClN2O5. The zero-order valence-corrected chi connectivity index (χ0v) is 16.1. The van der Waals surface area contributed by atoms with Gasteiger partial charge in [0, 0.05) is 10.7 Å². The summed E-state index contributed by atoms with van der Waals surface area (Å²) in [6.07, 6.45) is 0.726. The number of carbonyl (C=O) groups is 3. The summed E-state index contributed by atoms with van der Waals surface area (Å²) in [5, 5.41) is 5.63. The second-order valence-electron chi connectivity index (χ2n) is 5.78. The van der Waals surface area contributed by atoms with Crippen molar-refractivity contribution in [1.29, 1.82) is 0 Å². The Morgan fingerprint density at radius 3 is 2.50 bits per heavy atom. The highest BCUT2D eigenvalue weighted by molar-refractivity contribution is 6.30. The SMILES string of the molecule is CCCOC(=O)c1cccc(NC(=O)CNC(=O)COc2ccc(Cl)cc2)c1. The average Bonchev–Trinajstić information content (AvgIpc) is 2.70. The summed E-state index contributed by atoms with van der Waals surface area (Å²) in [6.45, 7) is 1.78. The van der Waals surface area contributed by atoms with E-state index in [9.17, 15) is 14.4 Å². The van der Waals surface area contributed by atoms with Crippen molar-refractivity contribution in [3.8, 4) is 5.75 Å². The molecule has 0 aliphatic heterocycles. The molecule has 0 saturated heterocycles. The van der Waals surface area contributed by atoms with Gasteiger partial charge in [-0.15, -0.1) is 0 Å². The first-order valence-electron chi connectivity index (χ1n) is 8.70. The summed E-state index contributed by atoms with van der Waals surface area (Å²) in [5.74, 6) is -0.831. The molecule has 148 valence electrons. The third-order valence-electron chi connectivity index (χ3n) is 3.45. The van der Waals surface area contributed by atoms with E-state index >= 15 is 0 Å². The summed E-state index contributed by atoms with van der Waals surface area (Å²) >= 11 is 5.77. The number of nitrogens with one attached hydrogen (secondary N) is 2. The summed E-state index contributed by atoms with van der Waals surface area (Å²) in [6, 6.07) is 13.0. The highest BCUT2D eigenvalue weighted by Crippen LogP contribution is 2.15. The van der Waals surface area contributed by atoms with Crippen LogP contribution in [0.15, 0.2) is 48.5 Å². The Labute approximate surface area is 168 Å². The van der Waals surface area contributed by atoms with Crippen molar-refractivity contribution in [1.82, 2.24) is 5.32 Å². The van der Waals surface area contributed by atoms with Gasteiger partial charge in [-0.1, -0.05) is 24.6 Å². The Balaban J connectivity index is 1.76. The number of halogens is 1. The Morgan fingerprint density at radius 1 is 1.04 bits per heavy atom. The molecule has 0 heterocycles. The van der Waals surface area contributed by atoms with Gasteiger partial charge in [0.1, 0.15) is 5.75 Å². The molecular weight excluding hydrogens is 384 g/mol. The fourth-order valence-electron chi connectivity index (χ4n) is 2.12. The minimum atomic E-state index is -0.453. The second-order valence-corrected chi connectivity index (χ2v) is 6.22. The Kier molecular flexibility index (Phi) is 8.30. The molecule has 28 heavy (non-hydrogen) atoms. The van der Waals surface area contributed by atoms with Crippen molar-refractivity contribution in [2.75, 3.05) is 25.1 Å². The fourth-order valence-corrected chi connectivity index (χ4v) is 2.24. The van der Waals surface area contributed by atoms with Crippen molar-refractivity contribution in [2.24, 2.45) is 0 Å². The molecule has 0 aliphatic rings. The molecule has 8 heteroatoms. The lowest BCUT2D eigenvalue weighted by Gasteiger charge is -2.09. The van der Waals surface area contributed by atoms with Crippen LogP contribution in [0.3, 0.4) is 0 Å². The molecule has 0 aromatic heterocycles. The summed E-state index contributed by atoms with van der Waals surface area (Å²) in [5.41, 5.74) is 0.772. The number of esters is 1. The summed E-state index contributed by atoms with van der Waals surface area (Å²) in [7, 11) is 0. The first-order chi connectivity index (χ1) is 13.5. The van der Waals surface area contributed by atoms with Crippen LogP contribution < -0.4 is 15.4 Å². The normalized spacial score (nSPS) is 10.1. The van der Waals surface area contributed by atoms with Crippen LogP contribution in [0.5, 0.6) is 5.75 Å². The van der Waals surface area contributed by atoms with Crippen molar-refractivity contribution in [2.45, 2.75) is 13.3 Å². The quantitative estimate of drug-likeness (QED) is 0.626. The molecule has 0 radical (unpaired) electrons. The molecule has 0 aliphatic carbocycles. The maximum atomic E-state index is 12.0. The lowest BCUT2D eigenvalue weighted by molar-refractivity contribution is -0.125. The van der Waals surface area contributed by atoms with Gasteiger partial charge in [-0.25, -0.2) is 4.79 Å². The molecule has 7 nitrogen and oxygen atoms in total. The van der Waals surface area contributed by atoms with Gasteiger partial charge in [-0.3, -0.25) is 9.59 Å². The van der Waals surface area contributed by atoms with Crippen LogP contribution in [0.4, 0.5) is 5.69 Å². The number of amides is 2. The van der Waals surface area contributed by atoms with Gasteiger partial charge in [0.05, 0.1) is 18.7 Å². The third-order valence-corrected chi connectivity index (χ3v) is 3.70. The van der Waals surface area contributed by atoms with Gasteiger partial charge in [-0.05, 0) is 48.9 Å². The third kappa shape index (κ3) is 7.28. The number of carbonyl (C=O) groups excluding carboxylic acids is 3. The zero-order chi connectivity index (χ0) is 20.4. The lowest BCUT2D eigenvalue weighted by Crippen LogP contribution is -2.35. The van der Waals surface area contributed by atoms with Crippen molar-refractivity contribution in [3.05, 3.63) is 59.1 Å². The molecule has 0 spiro atoms. The van der Waals surface area contributed by atoms with Crippen LogP contribution in [0, 0.1) is 0 Å². The van der Waals surface area contributed by atoms with Crippen LogP contribution in [-0.4, -0.2) is 37.5 Å². The van der Waals surface area contributed by atoms with Crippen LogP contribution in [0.2, 0.25) is 5.02 Å². The Bertz CT molecular complexity index is 824.